The number of nitrogens with zero attached hydrogens (tertiary/aromatic N) is 1. The first-order valence-corrected chi connectivity index (χ1v) is 8.36. The van der Waals surface area contributed by atoms with Crippen LogP contribution in [0.25, 0.3) is 0 Å². The molecule has 1 fully saturated rings. The van der Waals surface area contributed by atoms with Crippen LogP contribution in [-0.2, 0) is 11.3 Å². The van der Waals surface area contributed by atoms with Gasteiger partial charge in [-0.05, 0) is 43.5 Å². The highest BCUT2D eigenvalue weighted by molar-refractivity contribution is 6.30. The third kappa shape index (κ3) is 4.87. The van der Waals surface area contributed by atoms with E-state index in [2.05, 4.69) is 43.1 Å². The molecule has 0 bridgehead atoms. The van der Waals surface area contributed by atoms with Crippen molar-refractivity contribution in [2.24, 2.45) is 0 Å². The lowest BCUT2D eigenvalue weighted by Crippen LogP contribution is -2.40. The van der Waals surface area contributed by atoms with Crippen LogP contribution in [0.3, 0.4) is 0 Å². The Morgan fingerprint density at radius 2 is 2.24 bits per heavy atom. The van der Waals surface area contributed by atoms with Crippen LogP contribution < -0.4 is 10.2 Å². The molecule has 1 heterocycles. The molecule has 1 atom stereocenters. The molecule has 0 saturated carbocycles. The number of nitrogens with one attached hydrogen (secondary N) is 1. The number of piperidine rings is 1. The molecule has 21 heavy (non-hydrogen) atoms. The van der Waals surface area contributed by atoms with Gasteiger partial charge >= 0.3 is 0 Å². The van der Waals surface area contributed by atoms with Gasteiger partial charge < -0.3 is 15.0 Å². The van der Waals surface area contributed by atoms with Crippen LogP contribution in [-0.4, -0.2) is 31.8 Å². The zero-order chi connectivity index (χ0) is 15.2. The lowest BCUT2D eigenvalue weighted by atomic mass is 10.0. The fourth-order valence-electron chi connectivity index (χ4n) is 2.85. The topological polar surface area (TPSA) is 24.5 Å². The van der Waals surface area contributed by atoms with Crippen LogP contribution in [0.4, 0.5) is 5.69 Å². The summed E-state index contributed by atoms with van der Waals surface area (Å²) in [4.78, 5) is 2.44. The fourth-order valence-corrected chi connectivity index (χ4v) is 3.04. The van der Waals surface area contributed by atoms with Gasteiger partial charge in [0, 0.05) is 43.0 Å². The van der Waals surface area contributed by atoms with E-state index in [1.807, 2.05) is 6.07 Å². The fraction of sp³-hybridized carbons (Fsp3) is 0.647. The number of benzene rings is 1. The monoisotopic (exact) mass is 310 g/mol. The van der Waals surface area contributed by atoms with E-state index in [0.29, 0.717) is 12.1 Å². The van der Waals surface area contributed by atoms with E-state index in [-0.39, 0.29) is 0 Å². The van der Waals surface area contributed by atoms with Crippen molar-refractivity contribution in [3.63, 3.8) is 0 Å². The van der Waals surface area contributed by atoms with Crippen molar-refractivity contribution < 1.29 is 4.74 Å². The summed E-state index contributed by atoms with van der Waals surface area (Å²) in [7, 11) is 0. The van der Waals surface area contributed by atoms with E-state index in [0.717, 1.165) is 37.7 Å². The summed E-state index contributed by atoms with van der Waals surface area (Å²) in [5.41, 5.74) is 2.56. The summed E-state index contributed by atoms with van der Waals surface area (Å²) in [6.45, 7) is 10.1. The number of ether oxygens (including phenoxy) is 1. The molecule has 1 aromatic carbocycles. The average Bonchev–Trinajstić information content (AvgIpc) is 2.46. The third-order valence-electron chi connectivity index (χ3n) is 3.86. The first-order valence-electron chi connectivity index (χ1n) is 7.98. The highest BCUT2D eigenvalue weighted by Crippen LogP contribution is 2.28. The highest BCUT2D eigenvalue weighted by atomic mass is 35.5. The van der Waals surface area contributed by atoms with Gasteiger partial charge in [0.25, 0.3) is 0 Å². The van der Waals surface area contributed by atoms with Crippen molar-refractivity contribution in [2.75, 3.05) is 24.6 Å². The van der Waals surface area contributed by atoms with Crippen molar-refractivity contribution in [3.05, 3.63) is 28.8 Å². The third-order valence-corrected chi connectivity index (χ3v) is 4.10. The maximum absolute atomic E-state index is 6.18. The average molecular weight is 311 g/mol. The second kappa shape index (κ2) is 8.02. The zero-order valence-corrected chi connectivity index (χ0v) is 14.1. The Bertz CT molecular complexity index is 448. The molecular formula is C17H27ClN2O. The molecule has 0 radical (unpaired) electrons. The van der Waals surface area contributed by atoms with Crippen LogP contribution in [0.1, 0.15) is 39.2 Å². The predicted octanol–water partition coefficient (Wildman–Crippen LogP) is 3.84. The minimum absolute atomic E-state index is 0.352. The normalized spacial score (nSPS) is 19.3. The molecule has 1 unspecified atom stereocenters. The summed E-state index contributed by atoms with van der Waals surface area (Å²) in [6.07, 6.45) is 2.70. The highest BCUT2D eigenvalue weighted by Gasteiger charge is 2.22. The number of halogens is 1. The molecule has 1 aliphatic rings. The standard InChI is InChI=1S/C17H27ClN2O/c1-4-21-16-6-5-9-20(12-16)17-8-7-15(18)10-14(17)11-19-13(2)3/h7-8,10,13,16,19H,4-6,9,11-12H2,1-3H3. The lowest BCUT2D eigenvalue weighted by Gasteiger charge is -2.35. The Morgan fingerprint density at radius 1 is 1.43 bits per heavy atom. The Hall–Kier alpha value is -0.770. The number of rotatable bonds is 6. The molecule has 2 rings (SSSR count). The smallest absolute Gasteiger partial charge is 0.0750 e. The van der Waals surface area contributed by atoms with Crippen molar-refractivity contribution >= 4 is 17.3 Å². The van der Waals surface area contributed by atoms with Gasteiger partial charge in [-0.1, -0.05) is 25.4 Å². The van der Waals surface area contributed by atoms with Gasteiger partial charge in [-0.3, -0.25) is 0 Å². The molecule has 118 valence electrons. The maximum Gasteiger partial charge on any atom is 0.0750 e. The van der Waals surface area contributed by atoms with E-state index >= 15 is 0 Å². The molecule has 0 spiro atoms. The minimum Gasteiger partial charge on any atom is -0.377 e. The van der Waals surface area contributed by atoms with Crippen LogP contribution >= 0.6 is 11.6 Å². The van der Waals surface area contributed by atoms with Gasteiger partial charge in [0.1, 0.15) is 0 Å². The Kier molecular flexibility index (Phi) is 6.34. The van der Waals surface area contributed by atoms with Crippen LogP contribution in [0.2, 0.25) is 5.02 Å². The summed E-state index contributed by atoms with van der Waals surface area (Å²) >= 11 is 6.18. The van der Waals surface area contributed by atoms with Crippen molar-refractivity contribution in [1.29, 1.82) is 0 Å². The summed E-state index contributed by atoms with van der Waals surface area (Å²) < 4.78 is 5.81. The van der Waals surface area contributed by atoms with Gasteiger partial charge in [0.05, 0.1) is 6.10 Å². The van der Waals surface area contributed by atoms with Gasteiger partial charge in [-0.25, -0.2) is 0 Å². The molecule has 1 aromatic rings. The molecule has 1 saturated heterocycles. The Balaban J connectivity index is 2.13. The molecule has 0 aromatic heterocycles. The Labute approximate surface area is 133 Å². The maximum atomic E-state index is 6.18. The first-order chi connectivity index (χ1) is 10.1. The van der Waals surface area contributed by atoms with Gasteiger partial charge in [0.2, 0.25) is 0 Å². The molecular weight excluding hydrogens is 284 g/mol. The minimum atomic E-state index is 0.352. The van der Waals surface area contributed by atoms with Crippen LogP contribution in [0.15, 0.2) is 18.2 Å². The van der Waals surface area contributed by atoms with Crippen LogP contribution in [0.5, 0.6) is 0 Å². The van der Waals surface area contributed by atoms with E-state index in [1.54, 1.807) is 0 Å². The van der Waals surface area contributed by atoms with E-state index < -0.39 is 0 Å². The number of anilines is 1. The first kappa shape index (κ1) is 16.6. The summed E-state index contributed by atoms with van der Waals surface area (Å²) in [5.74, 6) is 0. The summed E-state index contributed by atoms with van der Waals surface area (Å²) in [6, 6.07) is 6.68. The van der Waals surface area contributed by atoms with Gasteiger partial charge in [0.15, 0.2) is 0 Å². The van der Waals surface area contributed by atoms with Gasteiger partial charge in [-0.15, -0.1) is 0 Å². The van der Waals surface area contributed by atoms with Crippen molar-refractivity contribution in [1.82, 2.24) is 5.32 Å². The second-order valence-electron chi connectivity index (χ2n) is 5.97. The number of hydrogen-bond acceptors (Lipinski definition) is 3. The molecule has 3 nitrogen and oxygen atoms in total. The molecule has 0 amide bonds. The van der Waals surface area contributed by atoms with Crippen LogP contribution in [0, 0.1) is 0 Å². The molecule has 1 N–H and O–H groups in total. The lowest BCUT2D eigenvalue weighted by molar-refractivity contribution is 0.0526. The van der Waals surface area contributed by atoms with Crippen molar-refractivity contribution in [3.8, 4) is 0 Å². The number of hydrogen-bond donors (Lipinski definition) is 1. The van der Waals surface area contributed by atoms with E-state index in [1.165, 1.54) is 17.7 Å². The van der Waals surface area contributed by atoms with E-state index in [4.69, 9.17) is 16.3 Å². The SMILES string of the molecule is CCOC1CCCN(c2ccc(Cl)cc2CNC(C)C)C1. The Morgan fingerprint density at radius 3 is 2.95 bits per heavy atom. The predicted molar refractivity (Wildman–Crippen MR) is 90.3 cm³/mol. The molecule has 1 aliphatic heterocycles. The van der Waals surface area contributed by atoms with Gasteiger partial charge in [-0.2, -0.15) is 0 Å². The van der Waals surface area contributed by atoms with E-state index in [9.17, 15) is 0 Å². The second-order valence-corrected chi connectivity index (χ2v) is 6.41. The van der Waals surface area contributed by atoms with Crippen molar-refractivity contribution in [2.45, 2.75) is 52.3 Å². The molecule has 0 aliphatic carbocycles. The quantitative estimate of drug-likeness (QED) is 0.864. The molecule has 4 heteroatoms. The zero-order valence-electron chi connectivity index (χ0n) is 13.4. The summed E-state index contributed by atoms with van der Waals surface area (Å²) in [5, 5.41) is 4.29. The largest absolute Gasteiger partial charge is 0.377 e.